The number of piperidine rings is 1. The number of benzene rings is 1. The summed E-state index contributed by atoms with van der Waals surface area (Å²) < 4.78 is 22.5. The molecular formula is C20H29NO5. The van der Waals surface area contributed by atoms with E-state index in [9.17, 15) is 4.79 Å². The number of carbonyl (C=O) groups is 1. The lowest BCUT2D eigenvalue weighted by Gasteiger charge is -2.46. The van der Waals surface area contributed by atoms with Crippen molar-refractivity contribution in [2.24, 2.45) is 0 Å². The molecule has 0 N–H and O–H groups in total. The van der Waals surface area contributed by atoms with Crippen LogP contribution in [-0.4, -0.2) is 69.6 Å². The molecule has 0 radical (unpaired) electrons. The standard InChI is InChI=1S/C20H29NO5/c1-23-13-14-25-16-7-12-26-20(15-16)8-10-21(11-9-20)19(22)17-5-3-4-6-18(17)24-2/h3-6,16H,7-15H2,1-2H3. The number of hydrogen-bond acceptors (Lipinski definition) is 5. The first-order valence-electron chi connectivity index (χ1n) is 9.34. The van der Waals surface area contributed by atoms with Gasteiger partial charge < -0.3 is 23.8 Å². The zero-order valence-corrected chi connectivity index (χ0v) is 15.7. The van der Waals surface area contributed by atoms with E-state index >= 15 is 0 Å². The lowest BCUT2D eigenvalue weighted by Crippen LogP contribution is -2.52. The van der Waals surface area contributed by atoms with Crippen molar-refractivity contribution in [3.8, 4) is 5.75 Å². The van der Waals surface area contributed by atoms with Gasteiger partial charge in [0.1, 0.15) is 5.75 Å². The van der Waals surface area contributed by atoms with E-state index < -0.39 is 0 Å². The second-order valence-corrected chi connectivity index (χ2v) is 7.00. The number of nitrogens with zero attached hydrogens (tertiary/aromatic N) is 1. The fraction of sp³-hybridized carbons (Fsp3) is 0.650. The molecule has 2 aliphatic rings. The fourth-order valence-electron chi connectivity index (χ4n) is 3.88. The van der Waals surface area contributed by atoms with Gasteiger partial charge in [-0.25, -0.2) is 0 Å². The van der Waals surface area contributed by atoms with Crippen LogP contribution in [0.5, 0.6) is 5.75 Å². The quantitative estimate of drug-likeness (QED) is 0.727. The fourth-order valence-corrected chi connectivity index (χ4v) is 3.88. The van der Waals surface area contributed by atoms with E-state index in [0.717, 1.165) is 32.3 Å². The van der Waals surface area contributed by atoms with Gasteiger partial charge in [-0.05, 0) is 31.4 Å². The van der Waals surface area contributed by atoms with Crippen molar-refractivity contribution < 1.29 is 23.7 Å². The highest BCUT2D eigenvalue weighted by atomic mass is 16.5. The molecule has 1 amide bonds. The van der Waals surface area contributed by atoms with Crippen LogP contribution in [0.4, 0.5) is 0 Å². The molecule has 0 bridgehead atoms. The van der Waals surface area contributed by atoms with Crippen molar-refractivity contribution in [3.63, 3.8) is 0 Å². The molecule has 1 spiro atoms. The van der Waals surface area contributed by atoms with E-state index in [0.29, 0.717) is 37.6 Å². The predicted molar refractivity (Wildman–Crippen MR) is 97.7 cm³/mol. The molecule has 6 nitrogen and oxygen atoms in total. The van der Waals surface area contributed by atoms with Gasteiger partial charge in [-0.3, -0.25) is 4.79 Å². The lowest BCUT2D eigenvalue weighted by atomic mass is 9.83. The summed E-state index contributed by atoms with van der Waals surface area (Å²) in [5.74, 6) is 0.652. The highest BCUT2D eigenvalue weighted by Gasteiger charge is 2.41. The summed E-state index contributed by atoms with van der Waals surface area (Å²) in [5, 5.41) is 0. The number of methoxy groups -OCH3 is 2. The summed E-state index contributed by atoms with van der Waals surface area (Å²) in [6.45, 7) is 3.35. The third-order valence-electron chi connectivity index (χ3n) is 5.39. The Hall–Kier alpha value is -1.63. The van der Waals surface area contributed by atoms with Crippen LogP contribution in [0.15, 0.2) is 24.3 Å². The Morgan fingerprint density at radius 2 is 2.00 bits per heavy atom. The van der Waals surface area contributed by atoms with E-state index in [1.165, 1.54) is 0 Å². The number of amides is 1. The van der Waals surface area contributed by atoms with Crippen molar-refractivity contribution in [1.29, 1.82) is 0 Å². The van der Waals surface area contributed by atoms with Crippen molar-refractivity contribution in [2.75, 3.05) is 47.1 Å². The van der Waals surface area contributed by atoms with Gasteiger partial charge in [0.15, 0.2) is 0 Å². The van der Waals surface area contributed by atoms with Crippen molar-refractivity contribution >= 4 is 5.91 Å². The van der Waals surface area contributed by atoms with E-state index in [4.69, 9.17) is 18.9 Å². The molecule has 0 aliphatic carbocycles. The summed E-state index contributed by atoms with van der Waals surface area (Å²) in [4.78, 5) is 14.8. The van der Waals surface area contributed by atoms with Gasteiger partial charge in [0.05, 0.1) is 37.6 Å². The van der Waals surface area contributed by atoms with Crippen LogP contribution in [0, 0.1) is 0 Å². The SMILES string of the molecule is COCCOC1CCOC2(CCN(C(=O)c3ccccc3OC)CC2)C1. The summed E-state index contributed by atoms with van der Waals surface area (Å²) in [6, 6.07) is 7.39. The second kappa shape index (κ2) is 8.84. The molecule has 0 aromatic heterocycles. The molecule has 2 aliphatic heterocycles. The van der Waals surface area contributed by atoms with Gasteiger partial charge in [-0.2, -0.15) is 0 Å². The average Bonchev–Trinajstić information content (AvgIpc) is 2.68. The summed E-state index contributed by atoms with van der Waals surface area (Å²) in [7, 11) is 3.28. The van der Waals surface area contributed by atoms with E-state index in [1.807, 2.05) is 29.2 Å². The van der Waals surface area contributed by atoms with Gasteiger partial charge in [0.25, 0.3) is 5.91 Å². The number of hydrogen-bond donors (Lipinski definition) is 0. The highest BCUT2D eigenvalue weighted by molar-refractivity contribution is 5.97. The van der Waals surface area contributed by atoms with E-state index in [2.05, 4.69) is 0 Å². The minimum atomic E-state index is -0.159. The largest absolute Gasteiger partial charge is 0.496 e. The summed E-state index contributed by atoms with van der Waals surface area (Å²) in [5.41, 5.74) is 0.462. The molecule has 1 atom stereocenters. The molecule has 6 heteroatoms. The molecule has 2 saturated heterocycles. The lowest BCUT2D eigenvalue weighted by molar-refractivity contribution is -0.154. The Morgan fingerprint density at radius 3 is 2.73 bits per heavy atom. The van der Waals surface area contributed by atoms with E-state index in [-0.39, 0.29) is 17.6 Å². The number of para-hydroxylation sites is 1. The number of rotatable bonds is 6. The number of likely N-dealkylation sites (tertiary alicyclic amines) is 1. The Morgan fingerprint density at radius 1 is 1.23 bits per heavy atom. The highest BCUT2D eigenvalue weighted by Crippen LogP contribution is 2.36. The molecule has 1 aromatic carbocycles. The maximum atomic E-state index is 12.9. The first kappa shape index (κ1) is 19.1. The van der Waals surface area contributed by atoms with Gasteiger partial charge in [-0.15, -0.1) is 0 Å². The molecule has 1 aromatic rings. The summed E-state index contributed by atoms with van der Waals surface area (Å²) >= 11 is 0. The number of carbonyl (C=O) groups excluding carboxylic acids is 1. The van der Waals surface area contributed by atoms with Crippen molar-refractivity contribution in [3.05, 3.63) is 29.8 Å². The van der Waals surface area contributed by atoms with Crippen molar-refractivity contribution in [2.45, 2.75) is 37.4 Å². The van der Waals surface area contributed by atoms with E-state index in [1.54, 1.807) is 14.2 Å². The van der Waals surface area contributed by atoms with Crippen LogP contribution in [0.3, 0.4) is 0 Å². The van der Waals surface area contributed by atoms with Crippen LogP contribution >= 0.6 is 0 Å². The van der Waals surface area contributed by atoms with Crippen LogP contribution < -0.4 is 4.74 Å². The normalized spacial score (nSPS) is 22.4. The maximum absolute atomic E-state index is 12.9. The smallest absolute Gasteiger partial charge is 0.257 e. The Bertz CT molecular complexity index is 598. The number of ether oxygens (including phenoxy) is 4. The molecule has 3 rings (SSSR count). The average molecular weight is 363 g/mol. The molecular weight excluding hydrogens is 334 g/mol. The third kappa shape index (κ3) is 4.37. The monoisotopic (exact) mass is 363 g/mol. The molecule has 1 unspecified atom stereocenters. The topological polar surface area (TPSA) is 57.2 Å². The zero-order valence-electron chi connectivity index (χ0n) is 15.7. The summed E-state index contributed by atoms with van der Waals surface area (Å²) in [6.07, 6.45) is 3.73. The Labute approximate surface area is 155 Å². The minimum absolute atomic E-state index is 0.0287. The van der Waals surface area contributed by atoms with Crippen LogP contribution in [0.1, 0.15) is 36.0 Å². The second-order valence-electron chi connectivity index (χ2n) is 7.00. The van der Waals surface area contributed by atoms with Gasteiger partial charge >= 0.3 is 0 Å². The predicted octanol–water partition coefficient (Wildman–Crippen LogP) is 2.51. The zero-order chi connectivity index (χ0) is 18.4. The molecule has 0 saturated carbocycles. The van der Waals surface area contributed by atoms with Crippen LogP contribution in [-0.2, 0) is 14.2 Å². The molecule has 2 heterocycles. The molecule has 26 heavy (non-hydrogen) atoms. The molecule has 144 valence electrons. The van der Waals surface area contributed by atoms with Crippen LogP contribution in [0.2, 0.25) is 0 Å². The minimum Gasteiger partial charge on any atom is -0.496 e. The third-order valence-corrected chi connectivity index (χ3v) is 5.39. The Kier molecular flexibility index (Phi) is 6.51. The van der Waals surface area contributed by atoms with Gasteiger partial charge in [0, 0.05) is 33.2 Å². The van der Waals surface area contributed by atoms with Crippen molar-refractivity contribution in [1.82, 2.24) is 4.90 Å². The first-order chi connectivity index (χ1) is 12.7. The maximum Gasteiger partial charge on any atom is 0.257 e. The van der Waals surface area contributed by atoms with Gasteiger partial charge in [0.2, 0.25) is 0 Å². The van der Waals surface area contributed by atoms with Gasteiger partial charge in [-0.1, -0.05) is 12.1 Å². The van der Waals surface area contributed by atoms with Crippen LogP contribution in [0.25, 0.3) is 0 Å². The first-order valence-corrected chi connectivity index (χ1v) is 9.34. The molecule has 2 fully saturated rings. The Balaban J connectivity index is 1.57.